The summed E-state index contributed by atoms with van der Waals surface area (Å²) >= 11 is 0. The van der Waals surface area contributed by atoms with E-state index in [1.54, 1.807) is 27.7 Å². The number of hydrogen-bond donors (Lipinski definition) is 1. The van der Waals surface area contributed by atoms with Crippen molar-refractivity contribution < 1.29 is 18.7 Å². The SMILES string of the molecule is C[C@@H](NC(=O)OC(C)(C)C)c1cc(F)cc2c1OC(CN=[N+]=[N-])C2. The van der Waals surface area contributed by atoms with Crippen LogP contribution in [0.15, 0.2) is 17.2 Å². The highest BCUT2D eigenvalue weighted by Gasteiger charge is 2.29. The fraction of sp³-hybridized carbons (Fsp3) is 0.562. The molecule has 1 aliphatic rings. The predicted molar refractivity (Wildman–Crippen MR) is 86.3 cm³/mol. The van der Waals surface area contributed by atoms with Crippen molar-refractivity contribution in [3.8, 4) is 5.75 Å². The maximum atomic E-state index is 13.9. The Morgan fingerprint density at radius 3 is 2.92 bits per heavy atom. The summed E-state index contributed by atoms with van der Waals surface area (Å²) in [5, 5.41) is 6.17. The van der Waals surface area contributed by atoms with Gasteiger partial charge in [0, 0.05) is 22.5 Å². The number of nitrogens with zero attached hydrogens (tertiary/aromatic N) is 3. The van der Waals surface area contributed by atoms with Crippen LogP contribution in [-0.4, -0.2) is 24.3 Å². The number of nitrogens with one attached hydrogen (secondary N) is 1. The van der Waals surface area contributed by atoms with E-state index in [9.17, 15) is 9.18 Å². The second-order valence-corrected chi connectivity index (χ2v) is 6.71. The quantitative estimate of drug-likeness (QED) is 0.511. The minimum atomic E-state index is -0.620. The Balaban J connectivity index is 2.17. The number of carbonyl (C=O) groups excluding carboxylic acids is 1. The lowest BCUT2D eigenvalue weighted by Gasteiger charge is -2.23. The summed E-state index contributed by atoms with van der Waals surface area (Å²) in [6, 6.07) is 2.23. The monoisotopic (exact) mass is 336 g/mol. The van der Waals surface area contributed by atoms with Gasteiger partial charge < -0.3 is 14.8 Å². The molecule has 1 aliphatic heterocycles. The number of amides is 1. The fourth-order valence-corrected chi connectivity index (χ4v) is 2.54. The van der Waals surface area contributed by atoms with Crippen LogP contribution >= 0.6 is 0 Å². The lowest BCUT2D eigenvalue weighted by atomic mass is 10.0. The van der Waals surface area contributed by atoms with Gasteiger partial charge in [0.2, 0.25) is 0 Å². The Kier molecular flexibility index (Phi) is 5.19. The van der Waals surface area contributed by atoms with Crippen LogP contribution < -0.4 is 10.1 Å². The van der Waals surface area contributed by atoms with Crippen molar-refractivity contribution >= 4 is 6.09 Å². The van der Waals surface area contributed by atoms with E-state index in [1.165, 1.54) is 12.1 Å². The highest BCUT2D eigenvalue weighted by Crippen LogP contribution is 2.37. The maximum absolute atomic E-state index is 13.9. The molecule has 0 saturated carbocycles. The summed E-state index contributed by atoms with van der Waals surface area (Å²) < 4.78 is 24.9. The number of alkyl carbamates (subject to hydrolysis) is 1. The normalized spacial score (nSPS) is 17.3. The number of rotatable bonds is 4. The van der Waals surface area contributed by atoms with Gasteiger partial charge in [0.25, 0.3) is 0 Å². The zero-order valence-corrected chi connectivity index (χ0v) is 14.2. The van der Waals surface area contributed by atoms with Crippen LogP contribution in [0.3, 0.4) is 0 Å². The summed E-state index contributed by atoms with van der Waals surface area (Å²) in [6.07, 6.45) is -0.458. The van der Waals surface area contributed by atoms with E-state index in [1.807, 2.05) is 0 Å². The van der Waals surface area contributed by atoms with Gasteiger partial charge in [-0.2, -0.15) is 0 Å². The van der Waals surface area contributed by atoms with Gasteiger partial charge in [0.05, 0.1) is 12.6 Å². The summed E-state index contributed by atoms with van der Waals surface area (Å²) in [7, 11) is 0. The molecule has 1 amide bonds. The first-order valence-corrected chi connectivity index (χ1v) is 7.69. The maximum Gasteiger partial charge on any atom is 0.408 e. The van der Waals surface area contributed by atoms with E-state index in [4.69, 9.17) is 15.0 Å². The Morgan fingerprint density at radius 2 is 2.29 bits per heavy atom. The molecule has 7 nitrogen and oxygen atoms in total. The Labute approximate surface area is 139 Å². The molecule has 24 heavy (non-hydrogen) atoms. The lowest BCUT2D eigenvalue weighted by Crippen LogP contribution is -2.34. The summed E-state index contributed by atoms with van der Waals surface area (Å²) in [5.41, 5.74) is 9.01. The first-order chi connectivity index (χ1) is 11.2. The molecule has 2 rings (SSSR count). The highest BCUT2D eigenvalue weighted by atomic mass is 19.1. The zero-order chi connectivity index (χ0) is 17.9. The van der Waals surface area contributed by atoms with Gasteiger partial charge in [-0.25, -0.2) is 9.18 Å². The van der Waals surface area contributed by atoms with Crippen molar-refractivity contribution in [2.75, 3.05) is 6.54 Å². The van der Waals surface area contributed by atoms with E-state index in [2.05, 4.69) is 15.3 Å². The van der Waals surface area contributed by atoms with E-state index < -0.39 is 23.6 Å². The number of azide groups is 1. The van der Waals surface area contributed by atoms with Crippen molar-refractivity contribution in [1.82, 2.24) is 5.32 Å². The first-order valence-electron chi connectivity index (χ1n) is 7.69. The van der Waals surface area contributed by atoms with Crippen LogP contribution in [-0.2, 0) is 11.2 Å². The molecule has 0 spiro atoms. The van der Waals surface area contributed by atoms with Gasteiger partial charge >= 0.3 is 6.09 Å². The van der Waals surface area contributed by atoms with Gasteiger partial charge in [0.15, 0.2) is 0 Å². The molecular formula is C16H21FN4O3. The van der Waals surface area contributed by atoms with E-state index in [-0.39, 0.29) is 12.6 Å². The minimum Gasteiger partial charge on any atom is -0.489 e. The third-order valence-corrected chi connectivity index (χ3v) is 3.44. The van der Waals surface area contributed by atoms with E-state index in [0.717, 1.165) is 0 Å². The topological polar surface area (TPSA) is 96.3 Å². The van der Waals surface area contributed by atoms with Crippen LogP contribution in [0.5, 0.6) is 5.75 Å². The third-order valence-electron chi connectivity index (χ3n) is 3.44. The summed E-state index contributed by atoms with van der Waals surface area (Å²) in [5.74, 6) is 0.118. The number of hydrogen-bond acceptors (Lipinski definition) is 4. The molecule has 8 heteroatoms. The Hall–Kier alpha value is -2.47. The van der Waals surface area contributed by atoms with Gasteiger partial charge in [-0.3, -0.25) is 0 Å². The van der Waals surface area contributed by atoms with Crippen molar-refractivity contribution in [2.24, 2.45) is 5.11 Å². The Morgan fingerprint density at radius 1 is 1.58 bits per heavy atom. The zero-order valence-electron chi connectivity index (χ0n) is 14.2. The average Bonchev–Trinajstić information content (AvgIpc) is 2.84. The van der Waals surface area contributed by atoms with Crippen LogP contribution in [0.1, 0.15) is 44.9 Å². The third kappa shape index (κ3) is 4.52. The van der Waals surface area contributed by atoms with Gasteiger partial charge in [-0.1, -0.05) is 5.11 Å². The van der Waals surface area contributed by atoms with Crippen molar-refractivity contribution in [3.05, 3.63) is 39.5 Å². The molecule has 1 aromatic carbocycles. The molecule has 2 atom stereocenters. The number of benzene rings is 1. The molecule has 1 N–H and O–H groups in total. The average molecular weight is 336 g/mol. The molecule has 1 aromatic rings. The highest BCUT2D eigenvalue weighted by molar-refractivity contribution is 5.68. The molecular weight excluding hydrogens is 315 g/mol. The lowest BCUT2D eigenvalue weighted by molar-refractivity contribution is 0.0507. The molecule has 130 valence electrons. The smallest absolute Gasteiger partial charge is 0.408 e. The summed E-state index contributed by atoms with van der Waals surface area (Å²) in [4.78, 5) is 14.6. The molecule has 0 bridgehead atoms. The van der Waals surface area contributed by atoms with Crippen molar-refractivity contribution in [2.45, 2.75) is 51.9 Å². The summed E-state index contributed by atoms with van der Waals surface area (Å²) in [6.45, 7) is 7.19. The standard InChI is InChI=1S/C16H21FN4O3/c1-9(20-15(22)24-16(2,3)4)13-7-11(17)5-10-6-12(8-19-21-18)23-14(10)13/h5,7,9,12H,6,8H2,1-4H3,(H,20,22)/t9-,12?/m1/s1. The number of ether oxygens (including phenoxy) is 2. The van der Waals surface area contributed by atoms with Gasteiger partial charge in [-0.15, -0.1) is 0 Å². The number of fused-ring (bicyclic) bond motifs is 1. The van der Waals surface area contributed by atoms with Crippen LogP contribution in [0.2, 0.25) is 0 Å². The predicted octanol–water partition coefficient (Wildman–Crippen LogP) is 4.03. The van der Waals surface area contributed by atoms with Gasteiger partial charge in [-0.05, 0) is 45.4 Å². The van der Waals surface area contributed by atoms with Crippen LogP contribution in [0, 0.1) is 5.82 Å². The van der Waals surface area contributed by atoms with Gasteiger partial charge in [0.1, 0.15) is 23.3 Å². The molecule has 0 saturated heterocycles. The Bertz CT molecular complexity index is 681. The second kappa shape index (κ2) is 6.97. The van der Waals surface area contributed by atoms with Crippen LogP contribution in [0.4, 0.5) is 9.18 Å². The van der Waals surface area contributed by atoms with E-state index >= 15 is 0 Å². The molecule has 0 fully saturated rings. The molecule has 1 unspecified atom stereocenters. The largest absolute Gasteiger partial charge is 0.489 e. The van der Waals surface area contributed by atoms with Crippen molar-refractivity contribution in [3.63, 3.8) is 0 Å². The molecule has 0 aliphatic carbocycles. The number of halogens is 1. The number of carbonyl (C=O) groups is 1. The van der Waals surface area contributed by atoms with Crippen molar-refractivity contribution in [1.29, 1.82) is 0 Å². The minimum absolute atomic E-state index is 0.167. The van der Waals surface area contributed by atoms with Crippen LogP contribution in [0.25, 0.3) is 10.4 Å². The second-order valence-electron chi connectivity index (χ2n) is 6.71. The molecule has 0 aromatic heterocycles. The fourth-order valence-electron chi connectivity index (χ4n) is 2.54. The molecule has 1 heterocycles. The molecule has 0 radical (unpaired) electrons. The van der Waals surface area contributed by atoms with E-state index in [0.29, 0.717) is 23.3 Å². The first kappa shape index (κ1) is 17.9.